The predicted octanol–water partition coefficient (Wildman–Crippen LogP) is 1.97. The highest BCUT2D eigenvalue weighted by molar-refractivity contribution is 6.72. The third kappa shape index (κ3) is 4.47. The number of aryl methyl sites for hydroxylation is 1. The summed E-state index contributed by atoms with van der Waals surface area (Å²) in [5.41, 5.74) is 0.476. The quantitative estimate of drug-likeness (QED) is 0.359. The van der Waals surface area contributed by atoms with Gasteiger partial charge in [-0.05, 0) is 44.6 Å². The van der Waals surface area contributed by atoms with Crippen molar-refractivity contribution in [2.24, 2.45) is 5.92 Å². The van der Waals surface area contributed by atoms with Crippen LogP contribution in [0.1, 0.15) is 31.5 Å². The molecular weight excluding hydrogens is 485 g/mol. The lowest BCUT2D eigenvalue weighted by Crippen LogP contribution is -2.44. The van der Waals surface area contributed by atoms with E-state index in [2.05, 4.69) is 15.6 Å². The lowest BCUT2D eigenvalue weighted by atomic mass is 9.82. The molecule has 1 spiro atoms. The molecule has 0 unspecified atom stereocenters. The maximum atomic E-state index is 15.8. The maximum absolute atomic E-state index is 15.8. The normalized spacial score (nSPS) is 26.5. The van der Waals surface area contributed by atoms with E-state index in [0.717, 1.165) is 0 Å². The van der Waals surface area contributed by atoms with Gasteiger partial charge in [0, 0.05) is 55.5 Å². The molecule has 5 atom stereocenters. The Balaban J connectivity index is 1.69. The summed E-state index contributed by atoms with van der Waals surface area (Å²) in [6.45, 7) is 6.92. The standard InChI is InChI=1S/C24H34FN5O5Si/c1-14-21(36(4,5)25)20(8-10-30-13-17(9-11-31)27-28-30)35-24(14)18-12-16(26-22(33)15(2)32)6-7-19(18)29(3)23(24)34/h6-7,12-15,20-21,31-32H,8-11H2,1-5H3,(H,26,33)/t14-,15-,20+,21-,24+/m0/s1. The van der Waals surface area contributed by atoms with Crippen molar-refractivity contribution in [3.63, 3.8) is 0 Å². The molecule has 2 aliphatic heterocycles. The molecule has 0 saturated carbocycles. The highest BCUT2D eigenvalue weighted by atomic mass is 28.4. The van der Waals surface area contributed by atoms with Crippen molar-refractivity contribution in [3.8, 4) is 0 Å². The van der Waals surface area contributed by atoms with E-state index in [-0.39, 0.29) is 12.5 Å². The Morgan fingerprint density at radius 2 is 2.11 bits per heavy atom. The van der Waals surface area contributed by atoms with E-state index in [4.69, 9.17) is 9.84 Å². The molecule has 1 fully saturated rings. The van der Waals surface area contributed by atoms with Crippen LogP contribution >= 0.6 is 0 Å². The largest absolute Gasteiger partial charge is 0.396 e. The topological polar surface area (TPSA) is 130 Å². The molecular formula is C24H34FN5O5Si. The fraction of sp³-hybridized carbons (Fsp3) is 0.583. The first kappa shape index (κ1) is 26.4. The van der Waals surface area contributed by atoms with Crippen molar-refractivity contribution in [2.45, 2.75) is 69.7 Å². The van der Waals surface area contributed by atoms with E-state index in [9.17, 15) is 14.7 Å². The van der Waals surface area contributed by atoms with Crippen molar-refractivity contribution in [1.82, 2.24) is 15.0 Å². The molecule has 4 rings (SSSR count). The predicted molar refractivity (Wildman–Crippen MR) is 134 cm³/mol. The molecule has 2 aliphatic rings. The molecule has 2 amide bonds. The number of carbonyl (C=O) groups is 2. The van der Waals surface area contributed by atoms with Crippen molar-refractivity contribution in [3.05, 3.63) is 35.7 Å². The number of amides is 2. The number of carbonyl (C=O) groups excluding carboxylic acids is 2. The van der Waals surface area contributed by atoms with Crippen LogP contribution in [0.2, 0.25) is 18.6 Å². The van der Waals surface area contributed by atoms with Crippen LogP contribution in [0.3, 0.4) is 0 Å². The highest BCUT2D eigenvalue weighted by Crippen LogP contribution is 2.60. The van der Waals surface area contributed by atoms with Gasteiger partial charge in [-0.2, -0.15) is 0 Å². The first-order valence-electron chi connectivity index (χ1n) is 12.2. The Morgan fingerprint density at radius 3 is 2.75 bits per heavy atom. The third-order valence-corrected chi connectivity index (χ3v) is 9.79. The SMILES string of the molecule is C[C@H](O)C(=O)Nc1ccc2c(c1)[C@@]1(O[C@H](CCn3cc(CCO)nn3)[C@@H]([Si](C)(C)F)[C@@H]1C)C(=O)N2C. The molecule has 1 aromatic carbocycles. The smallest absolute Gasteiger partial charge is 0.264 e. The summed E-state index contributed by atoms with van der Waals surface area (Å²) >= 11 is 0. The van der Waals surface area contributed by atoms with Gasteiger partial charge < -0.3 is 29.3 Å². The number of rotatable bonds is 8. The number of aromatic nitrogens is 3. The van der Waals surface area contributed by atoms with E-state index < -0.39 is 43.6 Å². The Morgan fingerprint density at radius 1 is 1.39 bits per heavy atom. The number of fused-ring (bicyclic) bond motifs is 2. The van der Waals surface area contributed by atoms with E-state index in [1.54, 1.807) is 49.2 Å². The number of anilines is 2. The molecule has 0 radical (unpaired) electrons. The minimum atomic E-state index is -3.29. The van der Waals surface area contributed by atoms with Gasteiger partial charge in [0.2, 0.25) is 8.41 Å². The van der Waals surface area contributed by atoms with Crippen LogP contribution < -0.4 is 10.2 Å². The van der Waals surface area contributed by atoms with E-state index in [0.29, 0.717) is 42.0 Å². The Bertz CT molecular complexity index is 1150. The van der Waals surface area contributed by atoms with E-state index in [1.807, 2.05) is 6.92 Å². The molecule has 1 aromatic heterocycles. The van der Waals surface area contributed by atoms with Crippen molar-refractivity contribution in [2.75, 3.05) is 23.9 Å². The number of likely N-dealkylation sites (N-methyl/N-ethyl adjacent to an activating group) is 1. The summed E-state index contributed by atoms with van der Waals surface area (Å²) < 4.78 is 24.0. The third-order valence-electron chi connectivity index (χ3n) is 7.33. The van der Waals surface area contributed by atoms with Crippen LogP contribution in [0.5, 0.6) is 0 Å². The zero-order chi connectivity index (χ0) is 26.4. The molecule has 10 nitrogen and oxygen atoms in total. The Labute approximate surface area is 210 Å². The van der Waals surface area contributed by atoms with Crippen LogP contribution in [-0.4, -0.2) is 71.3 Å². The second kappa shape index (κ2) is 9.65. The summed E-state index contributed by atoms with van der Waals surface area (Å²) in [5, 5.41) is 29.5. The second-order valence-corrected chi connectivity index (χ2v) is 14.1. The number of hydrogen-bond acceptors (Lipinski definition) is 7. The van der Waals surface area contributed by atoms with Gasteiger partial charge in [0.15, 0.2) is 5.60 Å². The molecule has 3 heterocycles. The Kier molecular flexibility index (Phi) is 7.08. The average Bonchev–Trinajstić information content (AvgIpc) is 3.43. The number of nitrogens with one attached hydrogen (secondary N) is 1. The number of nitrogens with zero attached hydrogens (tertiary/aromatic N) is 4. The number of hydrogen-bond donors (Lipinski definition) is 3. The van der Waals surface area contributed by atoms with E-state index in [1.165, 1.54) is 11.8 Å². The number of aliphatic hydroxyl groups excluding tert-OH is 2. The first-order chi connectivity index (χ1) is 16.9. The fourth-order valence-corrected chi connectivity index (χ4v) is 8.23. The molecule has 3 N–H and O–H groups in total. The molecule has 1 saturated heterocycles. The molecule has 36 heavy (non-hydrogen) atoms. The first-order valence-corrected chi connectivity index (χ1v) is 15.1. The maximum Gasteiger partial charge on any atom is 0.264 e. The van der Waals surface area contributed by atoms with Gasteiger partial charge in [0.25, 0.3) is 11.8 Å². The zero-order valence-electron chi connectivity index (χ0n) is 21.2. The van der Waals surface area contributed by atoms with Crippen LogP contribution in [-0.2, 0) is 32.9 Å². The highest BCUT2D eigenvalue weighted by Gasteiger charge is 2.66. The molecule has 0 bridgehead atoms. The lowest BCUT2D eigenvalue weighted by Gasteiger charge is -2.31. The van der Waals surface area contributed by atoms with Gasteiger partial charge in [-0.1, -0.05) is 12.1 Å². The van der Waals surface area contributed by atoms with Crippen LogP contribution in [0.4, 0.5) is 15.5 Å². The van der Waals surface area contributed by atoms with Crippen LogP contribution in [0.15, 0.2) is 24.4 Å². The average molecular weight is 520 g/mol. The minimum Gasteiger partial charge on any atom is -0.396 e. The van der Waals surface area contributed by atoms with Crippen LogP contribution in [0, 0.1) is 5.92 Å². The fourth-order valence-electron chi connectivity index (χ4n) is 5.68. The number of benzene rings is 1. The number of aliphatic hydroxyl groups is 2. The summed E-state index contributed by atoms with van der Waals surface area (Å²) in [6, 6.07) is 5.09. The monoisotopic (exact) mass is 519 g/mol. The molecule has 0 aliphatic carbocycles. The second-order valence-electron chi connectivity index (χ2n) is 10.3. The van der Waals surface area contributed by atoms with Gasteiger partial charge in [0.05, 0.1) is 17.5 Å². The van der Waals surface area contributed by atoms with Gasteiger partial charge in [-0.15, -0.1) is 5.10 Å². The van der Waals surface area contributed by atoms with Gasteiger partial charge >= 0.3 is 0 Å². The van der Waals surface area contributed by atoms with Gasteiger partial charge in [-0.25, -0.2) is 0 Å². The summed E-state index contributed by atoms with van der Waals surface area (Å²) in [5.74, 6) is -1.28. The summed E-state index contributed by atoms with van der Waals surface area (Å²) in [7, 11) is -1.63. The van der Waals surface area contributed by atoms with Crippen molar-refractivity contribution < 1.29 is 28.6 Å². The Hall–Kier alpha value is -2.67. The summed E-state index contributed by atoms with van der Waals surface area (Å²) in [6.07, 6.45) is 0.858. The molecule has 196 valence electrons. The molecule has 12 heteroatoms. The van der Waals surface area contributed by atoms with Crippen molar-refractivity contribution in [1.29, 1.82) is 0 Å². The van der Waals surface area contributed by atoms with E-state index >= 15 is 4.11 Å². The van der Waals surface area contributed by atoms with Crippen LogP contribution in [0.25, 0.3) is 0 Å². The molecule has 2 aromatic rings. The number of ether oxygens (including phenoxy) is 1. The summed E-state index contributed by atoms with van der Waals surface area (Å²) in [4.78, 5) is 27.3. The van der Waals surface area contributed by atoms with Gasteiger partial charge in [-0.3, -0.25) is 14.3 Å². The lowest BCUT2D eigenvalue weighted by molar-refractivity contribution is -0.145. The minimum absolute atomic E-state index is 0.0249. The van der Waals surface area contributed by atoms with Gasteiger partial charge in [0.1, 0.15) is 6.10 Å². The van der Waals surface area contributed by atoms with Crippen molar-refractivity contribution >= 4 is 31.6 Å². The zero-order valence-corrected chi connectivity index (χ0v) is 22.2. The number of halogens is 1.